The molecule has 1 atom stereocenters. The van der Waals surface area contributed by atoms with E-state index < -0.39 is 7.14 Å². The predicted octanol–water partition coefficient (Wildman–Crippen LogP) is 9.97. The molecule has 216 valence electrons. The first-order valence-corrected chi connectivity index (χ1v) is 17.2. The molecule has 0 saturated heterocycles. The van der Waals surface area contributed by atoms with Gasteiger partial charge in [-0.1, -0.05) is 109 Å². The highest BCUT2D eigenvalue weighted by Gasteiger charge is 2.40. The summed E-state index contributed by atoms with van der Waals surface area (Å²) in [5.41, 5.74) is 9.54. The molecule has 0 fully saturated rings. The van der Waals surface area contributed by atoms with Gasteiger partial charge in [0.2, 0.25) is 0 Å². The third-order valence-corrected chi connectivity index (χ3v) is 12.8. The van der Waals surface area contributed by atoms with Crippen LogP contribution in [0.2, 0.25) is 0 Å². The first-order valence-electron chi connectivity index (χ1n) is 15.5. The van der Waals surface area contributed by atoms with Gasteiger partial charge in [-0.3, -0.25) is 0 Å². The number of fused-ring (bicyclic) bond motifs is 9. The molecule has 0 aliphatic carbocycles. The summed E-state index contributed by atoms with van der Waals surface area (Å²) in [5, 5.41) is 7.24. The predicted molar refractivity (Wildman–Crippen MR) is 192 cm³/mol. The molecule has 4 heteroatoms. The fourth-order valence-corrected chi connectivity index (χ4v) is 10.6. The van der Waals surface area contributed by atoms with E-state index in [0.29, 0.717) is 0 Å². The summed E-state index contributed by atoms with van der Waals surface area (Å²) in [5.74, 6) is 0. The van der Waals surface area contributed by atoms with E-state index in [-0.39, 0.29) is 0 Å². The Morgan fingerprint density at radius 1 is 0.457 bits per heavy atom. The van der Waals surface area contributed by atoms with Crippen LogP contribution in [0.4, 0.5) is 0 Å². The number of hydrogen-bond donors (Lipinski definition) is 0. The maximum absolute atomic E-state index is 15.2. The molecule has 1 aliphatic heterocycles. The number of furan rings is 1. The van der Waals surface area contributed by atoms with Crippen molar-refractivity contribution in [3.8, 4) is 27.9 Å². The smallest absolute Gasteiger partial charge is 0.172 e. The van der Waals surface area contributed by atoms with E-state index in [4.69, 9.17) is 4.42 Å². The van der Waals surface area contributed by atoms with Crippen LogP contribution < -0.4 is 15.9 Å². The molecule has 0 radical (unpaired) electrons. The number of rotatable bonds is 3. The Morgan fingerprint density at radius 2 is 1.15 bits per heavy atom. The fourth-order valence-electron chi connectivity index (χ4n) is 7.49. The summed E-state index contributed by atoms with van der Waals surface area (Å²) in [6, 6.07) is 54.6. The Bertz CT molecular complexity index is 2720. The minimum Gasteiger partial charge on any atom is -0.456 e. The van der Waals surface area contributed by atoms with E-state index in [1.54, 1.807) is 0 Å². The highest BCUT2D eigenvalue weighted by atomic mass is 31.2. The summed E-state index contributed by atoms with van der Waals surface area (Å²) in [4.78, 5) is 0. The van der Waals surface area contributed by atoms with Crippen molar-refractivity contribution in [2.75, 3.05) is 0 Å². The first-order chi connectivity index (χ1) is 22.7. The van der Waals surface area contributed by atoms with E-state index in [0.717, 1.165) is 87.6 Å². The number of nitrogens with zero attached hydrogens (tertiary/aromatic N) is 1. The average Bonchev–Trinajstić information content (AvgIpc) is 3.74. The zero-order valence-corrected chi connectivity index (χ0v) is 25.6. The second-order valence-corrected chi connectivity index (χ2v) is 14.8. The molecule has 2 aromatic heterocycles. The van der Waals surface area contributed by atoms with E-state index >= 15 is 4.57 Å². The summed E-state index contributed by atoms with van der Waals surface area (Å²) in [7, 11) is -3.03. The van der Waals surface area contributed by atoms with E-state index in [1.807, 2.05) is 60.7 Å². The molecule has 0 amide bonds. The minimum absolute atomic E-state index is 0.876. The molecule has 46 heavy (non-hydrogen) atoms. The zero-order chi connectivity index (χ0) is 30.4. The van der Waals surface area contributed by atoms with Gasteiger partial charge in [-0.15, -0.1) is 0 Å². The van der Waals surface area contributed by atoms with Crippen LogP contribution in [0, 0.1) is 0 Å². The quantitative estimate of drug-likeness (QED) is 0.187. The molecule has 10 rings (SSSR count). The topological polar surface area (TPSA) is 35.1 Å². The van der Waals surface area contributed by atoms with Crippen molar-refractivity contribution in [3.05, 3.63) is 158 Å². The third kappa shape index (κ3) is 3.46. The Balaban J connectivity index is 1.17. The molecular weight excluding hydrogens is 581 g/mol. The summed E-state index contributed by atoms with van der Waals surface area (Å²) in [6.45, 7) is 0. The van der Waals surface area contributed by atoms with E-state index in [2.05, 4.69) is 102 Å². The van der Waals surface area contributed by atoms with Crippen LogP contribution in [-0.4, -0.2) is 4.57 Å². The van der Waals surface area contributed by atoms with Crippen molar-refractivity contribution < 1.29 is 8.98 Å². The van der Waals surface area contributed by atoms with Gasteiger partial charge in [0.1, 0.15) is 11.2 Å². The monoisotopic (exact) mass is 607 g/mol. The Labute approximate surface area is 265 Å². The maximum Gasteiger partial charge on any atom is 0.172 e. The lowest BCUT2D eigenvalue weighted by atomic mass is 10.0. The van der Waals surface area contributed by atoms with Gasteiger partial charge >= 0.3 is 0 Å². The molecule has 3 nitrogen and oxygen atoms in total. The van der Waals surface area contributed by atoms with Gasteiger partial charge in [0.25, 0.3) is 0 Å². The van der Waals surface area contributed by atoms with Gasteiger partial charge < -0.3 is 13.5 Å². The van der Waals surface area contributed by atoms with Crippen molar-refractivity contribution in [2.45, 2.75) is 0 Å². The lowest BCUT2D eigenvalue weighted by Crippen LogP contribution is -2.20. The van der Waals surface area contributed by atoms with Crippen molar-refractivity contribution in [1.82, 2.24) is 4.57 Å². The SMILES string of the molecule is O=P1(c2ccccc2)c2ccccc2-c2cc3c(cc21)c1ccccc1n3-c1ccc(-c2ccc3oc4ccccc4c3c2)cc1. The maximum atomic E-state index is 15.2. The molecule has 3 heterocycles. The summed E-state index contributed by atoms with van der Waals surface area (Å²) < 4.78 is 23.6. The second kappa shape index (κ2) is 9.44. The molecule has 0 spiro atoms. The highest BCUT2D eigenvalue weighted by molar-refractivity contribution is 7.86. The van der Waals surface area contributed by atoms with Crippen LogP contribution in [0.25, 0.3) is 71.7 Å². The van der Waals surface area contributed by atoms with Crippen molar-refractivity contribution >= 4 is 66.8 Å². The first kappa shape index (κ1) is 25.7. The molecule has 0 saturated carbocycles. The molecule has 1 aliphatic rings. The van der Waals surface area contributed by atoms with Crippen LogP contribution in [0.3, 0.4) is 0 Å². The number of hydrogen-bond acceptors (Lipinski definition) is 2. The van der Waals surface area contributed by atoms with Gasteiger partial charge in [-0.05, 0) is 70.8 Å². The molecule has 9 aromatic rings. The molecular formula is C42H26NO2P. The van der Waals surface area contributed by atoms with Crippen molar-refractivity contribution in [2.24, 2.45) is 0 Å². The number of para-hydroxylation sites is 2. The molecule has 7 aromatic carbocycles. The summed E-state index contributed by atoms with van der Waals surface area (Å²) in [6.07, 6.45) is 0. The van der Waals surface area contributed by atoms with E-state index in [9.17, 15) is 0 Å². The number of benzene rings is 7. The van der Waals surface area contributed by atoms with Crippen LogP contribution >= 0.6 is 7.14 Å². The molecule has 0 bridgehead atoms. The van der Waals surface area contributed by atoms with Gasteiger partial charge in [0, 0.05) is 43.1 Å². The largest absolute Gasteiger partial charge is 0.456 e. The fraction of sp³-hybridized carbons (Fsp3) is 0. The summed E-state index contributed by atoms with van der Waals surface area (Å²) >= 11 is 0. The third-order valence-electron chi connectivity index (χ3n) is 9.62. The van der Waals surface area contributed by atoms with Gasteiger partial charge in [-0.25, -0.2) is 0 Å². The minimum atomic E-state index is -3.03. The molecule has 0 N–H and O–H groups in total. The highest BCUT2D eigenvalue weighted by Crippen LogP contribution is 2.53. The van der Waals surface area contributed by atoms with Crippen molar-refractivity contribution in [3.63, 3.8) is 0 Å². The van der Waals surface area contributed by atoms with Crippen LogP contribution in [0.5, 0.6) is 0 Å². The lowest BCUT2D eigenvalue weighted by molar-refractivity contribution is 0.593. The second-order valence-electron chi connectivity index (χ2n) is 12.1. The van der Waals surface area contributed by atoms with Crippen LogP contribution in [0.15, 0.2) is 162 Å². The molecule has 1 unspecified atom stereocenters. The Hall–Kier alpha value is -5.63. The Kier molecular flexibility index (Phi) is 5.27. The standard InChI is InChI=1S/C42H26NO2P/c44-46(30-10-2-1-3-11-30)41-17-9-6-14-33(41)36-25-38-34(26-42(36)46)31-12-4-7-15-37(31)43(38)29-21-18-27(19-22-29)28-20-23-40-35(24-28)32-13-5-8-16-39(32)45-40/h1-26H. The van der Waals surface area contributed by atoms with Crippen molar-refractivity contribution in [1.29, 1.82) is 0 Å². The average molecular weight is 608 g/mol. The van der Waals surface area contributed by atoms with Gasteiger partial charge in [0.15, 0.2) is 7.14 Å². The lowest BCUT2D eigenvalue weighted by Gasteiger charge is -2.16. The number of aromatic nitrogens is 1. The van der Waals surface area contributed by atoms with Gasteiger partial charge in [-0.2, -0.15) is 0 Å². The van der Waals surface area contributed by atoms with E-state index in [1.165, 1.54) is 0 Å². The Morgan fingerprint density at radius 3 is 2.02 bits per heavy atom. The van der Waals surface area contributed by atoms with Crippen LogP contribution in [0.1, 0.15) is 0 Å². The van der Waals surface area contributed by atoms with Gasteiger partial charge in [0.05, 0.1) is 11.0 Å². The normalized spacial score (nSPS) is 15.6. The van der Waals surface area contributed by atoms with Crippen LogP contribution in [-0.2, 0) is 4.57 Å². The zero-order valence-electron chi connectivity index (χ0n) is 24.7.